The van der Waals surface area contributed by atoms with Crippen molar-refractivity contribution in [3.8, 4) is 67.5 Å². The van der Waals surface area contributed by atoms with Crippen LogP contribution in [-0.4, -0.2) is 15.0 Å². The van der Waals surface area contributed by atoms with Gasteiger partial charge in [0.25, 0.3) is 0 Å². The molecule has 8 aromatic carbocycles. The number of rotatable bonds is 4. The molecule has 0 radical (unpaired) electrons. The van der Waals surface area contributed by atoms with Crippen LogP contribution in [0.3, 0.4) is 0 Å². The molecule has 3 nitrogen and oxygen atoms in total. The quantitative estimate of drug-likeness (QED) is 0.181. The second kappa shape index (κ2) is 12.0. The summed E-state index contributed by atoms with van der Waals surface area (Å²) in [7, 11) is 0. The van der Waals surface area contributed by atoms with Crippen molar-refractivity contribution in [3.05, 3.63) is 210 Å². The van der Waals surface area contributed by atoms with Crippen LogP contribution in [0, 0.1) is 0 Å². The van der Waals surface area contributed by atoms with Gasteiger partial charge < -0.3 is 0 Å². The first-order valence-electron chi connectivity index (χ1n) is 19.0. The van der Waals surface area contributed by atoms with Crippen molar-refractivity contribution in [2.75, 3.05) is 0 Å². The number of fused-ring (bicyclic) bond motifs is 13. The molecule has 260 valence electrons. The first kappa shape index (κ1) is 31.4. The molecule has 2 aromatic heterocycles. The van der Waals surface area contributed by atoms with E-state index in [0.717, 1.165) is 22.3 Å². The fourth-order valence-corrected chi connectivity index (χ4v) is 10.7. The van der Waals surface area contributed by atoms with Crippen LogP contribution in [0.5, 0.6) is 0 Å². The minimum Gasteiger partial charge on any atom is -0.208 e. The fourth-order valence-electron chi connectivity index (χ4n) is 9.47. The molecule has 1 spiro atoms. The normalized spacial score (nSPS) is 13.1. The number of hydrogen-bond donors (Lipinski definition) is 0. The SMILES string of the molecule is c1ccc(-c2nc(-c3cccc(-c4cccc5c4sc4ccccc45)c3)nc(-c3cccc4c3-c3ccccc3C43c4ccccc4-c4ccccc43)n2)cc1. The Morgan fingerprint density at radius 1 is 0.339 bits per heavy atom. The molecule has 0 N–H and O–H groups in total. The molecule has 4 heteroatoms. The van der Waals surface area contributed by atoms with Crippen molar-refractivity contribution >= 4 is 31.5 Å². The molecule has 0 unspecified atom stereocenters. The lowest BCUT2D eigenvalue weighted by molar-refractivity contribution is 0.794. The number of benzene rings is 8. The van der Waals surface area contributed by atoms with E-state index in [-0.39, 0.29) is 0 Å². The molecule has 0 aliphatic heterocycles. The highest BCUT2D eigenvalue weighted by atomic mass is 32.1. The number of aromatic nitrogens is 3. The fraction of sp³-hybridized carbons (Fsp3) is 0.0192. The van der Waals surface area contributed by atoms with E-state index in [0.29, 0.717) is 17.5 Å². The van der Waals surface area contributed by atoms with Crippen LogP contribution in [0.4, 0.5) is 0 Å². The largest absolute Gasteiger partial charge is 0.208 e. The lowest BCUT2D eigenvalue weighted by atomic mass is 9.70. The van der Waals surface area contributed by atoms with Crippen LogP contribution >= 0.6 is 11.3 Å². The predicted octanol–water partition coefficient (Wildman–Crippen LogP) is 13.3. The van der Waals surface area contributed by atoms with E-state index in [1.807, 2.05) is 29.5 Å². The van der Waals surface area contributed by atoms with Gasteiger partial charge in [-0.1, -0.05) is 176 Å². The molecule has 2 heterocycles. The van der Waals surface area contributed by atoms with Gasteiger partial charge in [0.2, 0.25) is 0 Å². The molecule has 2 aliphatic rings. The summed E-state index contributed by atoms with van der Waals surface area (Å²) in [4.78, 5) is 15.8. The van der Waals surface area contributed by atoms with Crippen LogP contribution in [0.1, 0.15) is 22.3 Å². The third-order valence-corrected chi connectivity index (χ3v) is 13.0. The first-order valence-corrected chi connectivity index (χ1v) is 19.8. The summed E-state index contributed by atoms with van der Waals surface area (Å²) in [6, 6.07) is 67.7. The maximum Gasteiger partial charge on any atom is 0.164 e. The molecular weight excluding hydrogens is 699 g/mol. The topological polar surface area (TPSA) is 38.7 Å². The Morgan fingerprint density at radius 3 is 1.62 bits per heavy atom. The van der Waals surface area contributed by atoms with Gasteiger partial charge in [-0.15, -0.1) is 11.3 Å². The van der Waals surface area contributed by atoms with Crippen LogP contribution < -0.4 is 0 Å². The van der Waals surface area contributed by atoms with Crippen molar-refractivity contribution in [1.82, 2.24) is 15.0 Å². The summed E-state index contributed by atoms with van der Waals surface area (Å²) >= 11 is 1.85. The van der Waals surface area contributed by atoms with Crippen LogP contribution in [0.2, 0.25) is 0 Å². The minimum atomic E-state index is -0.449. The first-order chi connectivity index (χ1) is 27.8. The number of thiophene rings is 1. The standard InChI is InChI=1S/C52H31N3S/c1-2-15-32(16-3-1)49-53-50(34-18-12-17-33(31-34)35-23-13-24-39-38-21-7-11-30-46(38)56-48(35)39)55-51(54-49)41-25-14-29-45-47(41)40-22-6-10-28-44(40)52(45)42-26-8-4-19-36(42)37-20-5-9-27-43(37)52/h1-31H. The van der Waals surface area contributed by atoms with Gasteiger partial charge in [-0.25, -0.2) is 15.0 Å². The molecule has 0 atom stereocenters. The molecule has 12 rings (SSSR count). The summed E-state index contributed by atoms with van der Waals surface area (Å²) in [6.07, 6.45) is 0. The Kier molecular flexibility index (Phi) is 6.72. The van der Waals surface area contributed by atoms with E-state index in [9.17, 15) is 0 Å². The van der Waals surface area contributed by atoms with Gasteiger partial charge in [0.05, 0.1) is 5.41 Å². The van der Waals surface area contributed by atoms with Gasteiger partial charge in [-0.3, -0.25) is 0 Å². The van der Waals surface area contributed by atoms with Gasteiger partial charge in [0.15, 0.2) is 17.5 Å². The second-order valence-electron chi connectivity index (χ2n) is 14.6. The van der Waals surface area contributed by atoms with Gasteiger partial charge in [-0.05, 0) is 67.8 Å². The van der Waals surface area contributed by atoms with Crippen molar-refractivity contribution in [2.45, 2.75) is 5.41 Å². The molecule has 0 amide bonds. The van der Waals surface area contributed by atoms with E-state index in [2.05, 4.69) is 170 Å². The van der Waals surface area contributed by atoms with Gasteiger partial charge in [-0.2, -0.15) is 0 Å². The Morgan fingerprint density at radius 2 is 0.839 bits per heavy atom. The van der Waals surface area contributed by atoms with Crippen LogP contribution in [-0.2, 0) is 5.41 Å². The maximum absolute atomic E-state index is 5.37. The Balaban J connectivity index is 1.09. The van der Waals surface area contributed by atoms with E-state index < -0.39 is 5.41 Å². The van der Waals surface area contributed by atoms with Crippen molar-refractivity contribution in [2.24, 2.45) is 0 Å². The Hall–Kier alpha value is -7.01. The lowest BCUT2D eigenvalue weighted by Crippen LogP contribution is -2.25. The summed E-state index contributed by atoms with van der Waals surface area (Å²) in [5, 5.41) is 2.58. The van der Waals surface area contributed by atoms with E-state index in [1.54, 1.807) is 0 Å². The maximum atomic E-state index is 5.37. The molecule has 0 fully saturated rings. The highest BCUT2D eigenvalue weighted by Gasteiger charge is 2.52. The lowest BCUT2D eigenvalue weighted by Gasteiger charge is -2.30. The number of nitrogens with zero attached hydrogens (tertiary/aromatic N) is 3. The van der Waals surface area contributed by atoms with Crippen LogP contribution in [0.25, 0.3) is 87.7 Å². The third kappa shape index (κ3) is 4.36. The third-order valence-electron chi connectivity index (χ3n) is 11.8. The highest BCUT2D eigenvalue weighted by molar-refractivity contribution is 7.26. The van der Waals surface area contributed by atoms with Gasteiger partial charge >= 0.3 is 0 Å². The predicted molar refractivity (Wildman–Crippen MR) is 231 cm³/mol. The monoisotopic (exact) mass is 729 g/mol. The Bertz CT molecular complexity index is 3170. The van der Waals surface area contributed by atoms with Crippen molar-refractivity contribution in [3.63, 3.8) is 0 Å². The molecule has 10 aromatic rings. The molecule has 0 saturated carbocycles. The summed E-state index contributed by atoms with van der Waals surface area (Å²) in [5.74, 6) is 1.96. The smallest absolute Gasteiger partial charge is 0.164 e. The van der Waals surface area contributed by atoms with E-state index >= 15 is 0 Å². The molecule has 0 bridgehead atoms. The summed E-state index contributed by atoms with van der Waals surface area (Å²) < 4.78 is 2.58. The highest BCUT2D eigenvalue weighted by Crippen LogP contribution is 2.63. The van der Waals surface area contributed by atoms with E-state index in [1.165, 1.54) is 70.2 Å². The molecule has 56 heavy (non-hydrogen) atoms. The zero-order valence-corrected chi connectivity index (χ0v) is 31.0. The zero-order valence-electron chi connectivity index (χ0n) is 30.1. The second-order valence-corrected chi connectivity index (χ2v) is 15.7. The molecule has 0 saturated heterocycles. The zero-order chi connectivity index (χ0) is 36.8. The van der Waals surface area contributed by atoms with Crippen molar-refractivity contribution < 1.29 is 0 Å². The van der Waals surface area contributed by atoms with Gasteiger partial charge in [0.1, 0.15) is 0 Å². The molecular formula is C52H31N3S. The van der Waals surface area contributed by atoms with Gasteiger partial charge in [0, 0.05) is 36.9 Å². The van der Waals surface area contributed by atoms with E-state index in [4.69, 9.17) is 15.0 Å². The minimum absolute atomic E-state index is 0.449. The summed E-state index contributed by atoms with van der Waals surface area (Å²) in [5.41, 5.74) is 14.9. The summed E-state index contributed by atoms with van der Waals surface area (Å²) in [6.45, 7) is 0. The average molecular weight is 730 g/mol. The molecule has 2 aliphatic carbocycles. The van der Waals surface area contributed by atoms with Crippen LogP contribution in [0.15, 0.2) is 188 Å². The average Bonchev–Trinajstić information content (AvgIpc) is 3.91. The number of hydrogen-bond acceptors (Lipinski definition) is 4. The Labute approximate surface area is 328 Å². The van der Waals surface area contributed by atoms with Crippen molar-refractivity contribution in [1.29, 1.82) is 0 Å².